The van der Waals surface area contributed by atoms with Gasteiger partial charge in [0.1, 0.15) is 0 Å². The molecule has 1 heterocycles. The first kappa shape index (κ1) is 11.6. The van der Waals surface area contributed by atoms with E-state index in [1.165, 1.54) is 0 Å². The molecule has 1 N–H and O–H groups in total. The summed E-state index contributed by atoms with van der Waals surface area (Å²) < 4.78 is 1.02. The molecule has 86 valence electrons. The van der Waals surface area contributed by atoms with Crippen LogP contribution in [0.15, 0.2) is 22.7 Å². The van der Waals surface area contributed by atoms with Crippen molar-refractivity contribution < 1.29 is 9.90 Å². The molecule has 1 saturated heterocycles. The van der Waals surface area contributed by atoms with Crippen LogP contribution in [0.5, 0.6) is 0 Å². The second kappa shape index (κ2) is 4.18. The Hall–Kier alpha value is -0.870. The number of carbonyl (C=O) groups is 1. The van der Waals surface area contributed by atoms with Gasteiger partial charge in [0, 0.05) is 18.1 Å². The number of halogens is 1. The van der Waals surface area contributed by atoms with Gasteiger partial charge in [-0.1, -0.05) is 28.1 Å². The number of rotatable bonds is 1. The summed E-state index contributed by atoms with van der Waals surface area (Å²) in [7, 11) is 1.72. The summed E-state index contributed by atoms with van der Waals surface area (Å²) in [4.78, 5) is 13.4. The molecule has 0 aliphatic carbocycles. The van der Waals surface area contributed by atoms with Gasteiger partial charge in [-0.2, -0.15) is 0 Å². The Morgan fingerprint density at radius 1 is 1.50 bits per heavy atom. The van der Waals surface area contributed by atoms with Crippen molar-refractivity contribution in [3.05, 3.63) is 33.8 Å². The van der Waals surface area contributed by atoms with Crippen LogP contribution in [0, 0.1) is 6.92 Å². The highest BCUT2D eigenvalue weighted by molar-refractivity contribution is 9.10. The van der Waals surface area contributed by atoms with Crippen LogP contribution in [0.2, 0.25) is 0 Å². The van der Waals surface area contributed by atoms with Crippen LogP contribution in [0.4, 0.5) is 0 Å². The minimum Gasteiger partial charge on any atom is -0.390 e. The van der Waals surface area contributed by atoms with Gasteiger partial charge < -0.3 is 10.0 Å². The van der Waals surface area contributed by atoms with Crippen molar-refractivity contribution in [1.29, 1.82) is 0 Å². The zero-order valence-electron chi connectivity index (χ0n) is 9.27. The number of β-amino-alcohol motifs (C(OH)–C–C–N with tert-alkyl or cyclic N) is 1. The van der Waals surface area contributed by atoms with Gasteiger partial charge in [-0.3, -0.25) is 4.79 Å². The molecule has 2 rings (SSSR count). The summed E-state index contributed by atoms with van der Waals surface area (Å²) >= 11 is 3.42. The molecule has 1 aliphatic rings. The molecule has 0 radical (unpaired) electrons. The fourth-order valence-electron chi connectivity index (χ4n) is 2.10. The maximum atomic E-state index is 11.9. The minimum atomic E-state index is -0.599. The third kappa shape index (κ3) is 1.87. The van der Waals surface area contributed by atoms with E-state index in [-0.39, 0.29) is 5.91 Å². The maximum absolute atomic E-state index is 11.9. The summed E-state index contributed by atoms with van der Waals surface area (Å²) in [5.74, 6) is -0.411. The quantitative estimate of drug-likeness (QED) is 0.852. The van der Waals surface area contributed by atoms with Gasteiger partial charge in [-0.25, -0.2) is 0 Å². The number of hydrogen-bond donors (Lipinski definition) is 1. The molecule has 0 aromatic heterocycles. The van der Waals surface area contributed by atoms with Crippen LogP contribution in [-0.2, 0) is 4.79 Å². The predicted molar refractivity (Wildman–Crippen MR) is 65.3 cm³/mol. The summed E-state index contributed by atoms with van der Waals surface area (Å²) in [5, 5.41) is 9.87. The lowest BCUT2D eigenvalue weighted by Crippen LogP contribution is -2.21. The summed E-state index contributed by atoms with van der Waals surface area (Å²) in [6.45, 7) is 2.39. The number of likely N-dealkylation sites (tertiary alicyclic amines) is 1. The number of aryl methyl sites for hydroxylation is 1. The molecule has 2 unspecified atom stereocenters. The molecule has 16 heavy (non-hydrogen) atoms. The van der Waals surface area contributed by atoms with E-state index in [9.17, 15) is 9.90 Å². The van der Waals surface area contributed by atoms with Crippen LogP contribution < -0.4 is 0 Å². The van der Waals surface area contributed by atoms with Crippen LogP contribution in [0.3, 0.4) is 0 Å². The van der Waals surface area contributed by atoms with Gasteiger partial charge in [0.2, 0.25) is 5.91 Å². The van der Waals surface area contributed by atoms with Gasteiger partial charge in [0.15, 0.2) is 0 Å². The first-order valence-electron chi connectivity index (χ1n) is 5.20. The fourth-order valence-corrected chi connectivity index (χ4v) is 2.35. The summed E-state index contributed by atoms with van der Waals surface area (Å²) in [5.41, 5.74) is 1.97. The monoisotopic (exact) mass is 283 g/mol. The van der Waals surface area contributed by atoms with Crippen molar-refractivity contribution in [2.75, 3.05) is 13.6 Å². The molecule has 0 spiro atoms. The standard InChI is InChI=1S/C12H14BrNO2/c1-7-5-8(3-4-9(7)13)11-10(15)6-14(2)12(11)16/h3-5,10-11,15H,6H2,1-2H3. The third-order valence-electron chi connectivity index (χ3n) is 3.03. The average molecular weight is 284 g/mol. The molecule has 1 aliphatic heterocycles. The van der Waals surface area contributed by atoms with Gasteiger partial charge >= 0.3 is 0 Å². The molecule has 1 aromatic rings. The zero-order valence-corrected chi connectivity index (χ0v) is 10.9. The van der Waals surface area contributed by atoms with Crippen molar-refractivity contribution in [1.82, 2.24) is 4.90 Å². The van der Waals surface area contributed by atoms with Crippen LogP contribution in [-0.4, -0.2) is 35.6 Å². The van der Waals surface area contributed by atoms with Crippen molar-refractivity contribution in [3.63, 3.8) is 0 Å². The largest absolute Gasteiger partial charge is 0.390 e. The van der Waals surface area contributed by atoms with Crippen LogP contribution >= 0.6 is 15.9 Å². The summed E-state index contributed by atoms with van der Waals surface area (Å²) in [6, 6.07) is 5.76. The third-order valence-corrected chi connectivity index (χ3v) is 3.92. The van der Waals surface area contributed by atoms with E-state index < -0.39 is 12.0 Å². The Bertz CT molecular complexity index is 433. The normalized spacial score (nSPS) is 25.2. The van der Waals surface area contributed by atoms with Gasteiger partial charge in [0.25, 0.3) is 0 Å². The Labute approximate surface area is 103 Å². The second-order valence-corrected chi connectivity index (χ2v) is 5.13. The van der Waals surface area contributed by atoms with E-state index in [0.29, 0.717) is 6.54 Å². The molecule has 0 bridgehead atoms. The molecule has 1 aromatic carbocycles. The van der Waals surface area contributed by atoms with E-state index in [1.807, 2.05) is 25.1 Å². The SMILES string of the molecule is Cc1cc(C2C(=O)N(C)CC2O)ccc1Br. The van der Waals surface area contributed by atoms with E-state index >= 15 is 0 Å². The first-order chi connectivity index (χ1) is 7.50. The van der Waals surface area contributed by atoms with Crippen molar-refractivity contribution in [2.45, 2.75) is 18.9 Å². The molecule has 2 atom stereocenters. The summed E-state index contributed by atoms with van der Waals surface area (Å²) in [6.07, 6.45) is -0.599. The van der Waals surface area contributed by atoms with Crippen LogP contribution in [0.25, 0.3) is 0 Å². The Kier molecular flexibility index (Phi) is 3.04. The van der Waals surface area contributed by atoms with Crippen molar-refractivity contribution in [3.8, 4) is 0 Å². The highest BCUT2D eigenvalue weighted by atomic mass is 79.9. The second-order valence-electron chi connectivity index (χ2n) is 4.27. The number of benzene rings is 1. The molecule has 4 heteroatoms. The number of likely N-dealkylation sites (N-methyl/N-ethyl adjacent to an activating group) is 1. The molecular formula is C12H14BrNO2. The topological polar surface area (TPSA) is 40.5 Å². The van der Waals surface area contributed by atoms with E-state index in [4.69, 9.17) is 0 Å². The highest BCUT2D eigenvalue weighted by Gasteiger charge is 2.38. The Morgan fingerprint density at radius 2 is 2.19 bits per heavy atom. The van der Waals surface area contributed by atoms with Gasteiger partial charge in [-0.05, 0) is 24.1 Å². The zero-order chi connectivity index (χ0) is 11.9. The highest BCUT2D eigenvalue weighted by Crippen LogP contribution is 2.30. The molecule has 0 saturated carbocycles. The average Bonchev–Trinajstić information content (AvgIpc) is 2.47. The molecular weight excluding hydrogens is 270 g/mol. The van der Waals surface area contributed by atoms with E-state index in [1.54, 1.807) is 11.9 Å². The number of aliphatic hydroxyl groups excluding tert-OH is 1. The van der Waals surface area contributed by atoms with Gasteiger partial charge in [0.05, 0.1) is 12.0 Å². The molecule has 1 fully saturated rings. The number of amides is 1. The van der Waals surface area contributed by atoms with E-state index in [0.717, 1.165) is 15.6 Å². The Balaban J connectivity index is 2.37. The molecule has 1 amide bonds. The maximum Gasteiger partial charge on any atom is 0.232 e. The smallest absolute Gasteiger partial charge is 0.232 e. The first-order valence-corrected chi connectivity index (χ1v) is 5.99. The minimum absolute atomic E-state index is 0.00535. The fraction of sp³-hybridized carbons (Fsp3) is 0.417. The number of carbonyl (C=O) groups excluding carboxylic acids is 1. The van der Waals surface area contributed by atoms with Crippen LogP contribution in [0.1, 0.15) is 17.0 Å². The number of aliphatic hydroxyl groups is 1. The van der Waals surface area contributed by atoms with Crippen molar-refractivity contribution >= 4 is 21.8 Å². The predicted octanol–water partition coefficient (Wildman–Crippen LogP) is 1.67. The Morgan fingerprint density at radius 3 is 2.69 bits per heavy atom. The lowest BCUT2D eigenvalue weighted by atomic mass is 9.94. The lowest BCUT2D eigenvalue weighted by Gasteiger charge is -2.13. The lowest BCUT2D eigenvalue weighted by molar-refractivity contribution is -0.128. The number of nitrogens with zero attached hydrogens (tertiary/aromatic N) is 1. The van der Waals surface area contributed by atoms with Gasteiger partial charge in [-0.15, -0.1) is 0 Å². The number of hydrogen-bond acceptors (Lipinski definition) is 2. The van der Waals surface area contributed by atoms with Crippen molar-refractivity contribution in [2.24, 2.45) is 0 Å². The van der Waals surface area contributed by atoms with E-state index in [2.05, 4.69) is 15.9 Å². The molecule has 3 nitrogen and oxygen atoms in total.